The van der Waals surface area contributed by atoms with Gasteiger partial charge in [0.15, 0.2) is 0 Å². The highest BCUT2D eigenvalue weighted by Crippen LogP contribution is 2.43. The number of aliphatic hydroxyl groups excluding tert-OH is 1. The second kappa shape index (κ2) is 6.49. The summed E-state index contributed by atoms with van der Waals surface area (Å²) in [5, 5.41) is 17.5. The van der Waals surface area contributed by atoms with Gasteiger partial charge in [0.05, 0.1) is 11.6 Å². The SMILES string of the molecule is CC(O)c1cccnc1Oc1ccc2c(nnn2CC2CC2)c1C(F)(F)F. The average molecular weight is 378 g/mol. The molecule has 1 N–H and O–H groups in total. The molecule has 1 aliphatic carbocycles. The van der Waals surface area contributed by atoms with Gasteiger partial charge in [-0.3, -0.25) is 0 Å². The molecule has 1 aromatic carbocycles. The van der Waals surface area contributed by atoms with Crippen LogP contribution in [-0.2, 0) is 12.7 Å². The Bertz CT molecular complexity index is 980. The topological polar surface area (TPSA) is 73.1 Å². The summed E-state index contributed by atoms with van der Waals surface area (Å²) in [6, 6.07) is 5.89. The molecule has 6 nitrogen and oxygen atoms in total. The van der Waals surface area contributed by atoms with Crippen LogP contribution in [0.4, 0.5) is 13.2 Å². The Balaban J connectivity index is 1.81. The van der Waals surface area contributed by atoms with E-state index in [1.54, 1.807) is 12.1 Å². The zero-order chi connectivity index (χ0) is 19.2. The number of ether oxygens (including phenoxy) is 1. The van der Waals surface area contributed by atoms with Gasteiger partial charge < -0.3 is 9.84 Å². The summed E-state index contributed by atoms with van der Waals surface area (Å²) in [5.41, 5.74) is -0.638. The molecule has 1 saturated carbocycles. The Morgan fingerprint density at radius 1 is 1.30 bits per heavy atom. The normalized spacial score (nSPS) is 15.9. The van der Waals surface area contributed by atoms with E-state index >= 15 is 0 Å². The molecule has 1 unspecified atom stereocenters. The lowest BCUT2D eigenvalue weighted by molar-refractivity contribution is -0.137. The van der Waals surface area contributed by atoms with Crippen molar-refractivity contribution in [3.8, 4) is 11.6 Å². The maximum atomic E-state index is 13.8. The smallest absolute Gasteiger partial charge is 0.422 e. The van der Waals surface area contributed by atoms with Crippen molar-refractivity contribution in [2.45, 2.75) is 38.6 Å². The predicted octanol–water partition coefficient (Wildman–Crippen LogP) is 4.10. The minimum Gasteiger partial charge on any atom is -0.438 e. The fraction of sp³-hybridized carbons (Fsp3) is 0.389. The van der Waals surface area contributed by atoms with E-state index in [0.29, 0.717) is 23.5 Å². The monoisotopic (exact) mass is 378 g/mol. The van der Waals surface area contributed by atoms with Crippen LogP contribution in [0.25, 0.3) is 11.0 Å². The second-order valence-electron chi connectivity index (χ2n) is 6.69. The molecule has 0 saturated heterocycles. The van der Waals surface area contributed by atoms with Gasteiger partial charge in [-0.15, -0.1) is 5.10 Å². The number of fused-ring (bicyclic) bond motifs is 1. The largest absolute Gasteiger partial charge is 0.438 e. The Morgan fingerprint density at radius 2 is 2.07 bits per heavy atom. The summed E-state index contributed by atoms with van der Waals surface area (Å²) in [6.07, 6.45) is -2.13. The van der Waals surface area contributed by atoms with Crippen molar-refractivity contribution < 1.29 is 23.0 Å². The number of hydrogen-bond acceptors (Lipinski definition) is 5. The van der Waals surface area contributed by atoms with Gasteiger partial charge in [0.2, 0.25) is 5.88 Å². The van der Waals surface area contributed by atoms with Crippen LogP contribution in [0.3, 0.4) is 0 Å². The van der Waals surface area contributed by atoms with Crippen LogP contribution in [0.1, 0.15) is 37.0 Å². The van der Waals surface area contributed by atoms with E-state index in [9.17, 15) is 18.3 Å². The third-order valence-electron chi connectivity index (χ3n) is 4.52. The van der Waals surface area contributed by atoms with Gasteiger partial charge in [0.25, 0.3) is 0 Å². The second-order valence-corrected chi connectivity index (χ2v) is 6.69. The van der Waals surface area contributed by atoms with Gasteiger partial charge in [-0.2, -0.15) is 13.2 Å². The van der Waals surface area contributed by atoms with Crippen molar-refractivity contribution in [1.82, 2.24) is 20.0 Å². The first kappa shape index (κ1) is 17.7. The average Bonchev–Trinajstić information content (AvgIpc) is 3.33. The molecule has 3 aromatic rings. The minimum absolute atomic E-state index is 0.0808. The van der Waals surface area contributed by atoms with Crippen molar-refractivity contribution in [2.24, 2.45) is 5.92 Å². The third kappa shape index (κ3) is 3.46. The molecule has 0 radical (unpaired) electrons. The maximum absolute atomic E-state index is 13.8. The van der Waals surface area contributed by atoms with Crippen LogP contribution in [0.5, 0.6) is 11.6 Å². The summed E-state index contributed by atoms with van der Waals surface area (Å²) < 4.78 is 48.4. The van der Waals surface area contributed by atoms with E-state index in [2.05, 4.69) is 15.3 Å². The van der Waals surface area contributed by atoms with Crippen LogP contribution in [-0.4, -0.2) is 25.1 Å². The van der Waals surface area contributed by atoms with E-state index in [1.807, 2.05) is 0 Å². The first-order valence-electron chi connectivity index (χ1n) is 8.59. The first-order valence-corrected chi connectivity index (χ1v) is 8.59. The lowest BCUT2D eigenvalue weighted by atomic mass is 10.1. The Morgan fingerprint density at radius 3 is 2.74 bits per heavy atom. The maximum Gasteiger partial charge on any atom is 0.422 e. The molecule has 4 rings (SSSR count). The highest BCUT2D eigenvalue weighted by Gasteiger charge is 2.39. The summed E-state index contributed by atoms with van der Waals surface area (Å²) in [6.45, 7) is 2.04. The number of rotatable bonds is 5. The fourth-order valence-electron chi connectivity index (χ4n) is 2.97. The lowest BCUT2D eigenvalue weighted by Gasteiger charge is -2.16. The Kier molecular flexibility index (Phi) is 4.26. The zero-order valence-corrected chi connectivity index (χ0v) is 14.4. The first-order chi connectivity index (χ1) is 12.8. The fourth-order valence-corrected chi connectivity index (χ4v) is 2.97. The Labute approximate surface area is 152 Å². The molecule has 0 bridgehead atoms. The summed E-state index contributed by atoms with van der Waals surface area (Å²) in [4.78, 5) is 3.96. The van der Waals surface area contributed by atoms with E-state index in [-0.39, 0.29) is 11.4 Å². The van der Waals surface area contributed by atoms with Crippen LogP contribution in [0.2, 0.25) is 0 Å². The molecule has 2 heterocycles. The van der Waals surface area contributed by atoms with Crippen molar-refractivity contribution in [1.29, 1.82) is 0 Å². The molecule has 0 spiro atoms. The van der Waals surface area contributed by atoms with E-state index in [1.165, 1.54) is 29.9 Å². The van der Waals surface area contributed by atoms with Crippen LogP contribution >= 0.6 is 0 Å². The standard InChI is InChI=1S/C18H17F3N4O2/c1-10(26)12-3-2-8-22-17(12)27-14-7-6-13-16(15(14)18(19,20)21)23-24-25(13)9-11-4-5-11/h2-3,6-8,10-11,26H,4-5,9H2,1H3. The van der Waals surface area contributed by atoms with Gasteiger partial charge in [-0.25, -0.2) is 9.67 Å². The van der Waals surface area contributed by atoms with Crippen LogP contribution < -0.4 is 4.74 Å². The number of aliphatic hydroxyl groups is 1. The van der Waals surface area contributed by atoms with Gasteiger partial charge in [-0.1, -0.05) is 5.21 Å². The summed E-state index contributed by atoms with van der Waals surface area (Å²) in [7, 11) is 0. The van der Waals surface area contributed by atoms with Crippen molar-refractivity contribution in [3.05, 3.63) is 41.6 Å². The lowest BCUT2D eigenvalue weighted by Crippen LogP contribution is -2.10. The van der Waals surface area contributed by atoms with E-state index in [4.69, 9.17) is 4.74 Å². The number of benzene rings is 1. The van der Waals surface area contributed by atoms with Gasteiger partial charge >= 0.3 is 6.18 Å². The van der Waals surface area contributed by atoms with Gasteiger partial charge in [0, 0.05) is 18.3 Å². The number of aromatic nitrogens is 4. The van der Waals surface area contributed by atoms with Gasteiger partial charge in [0.1, 0.15) is 16.8 Å². The predicted molar refractivity (Wildman–Crippen MR) is 90.2 cm³/mol. The van der Waals surface area contributed by atoms with Crippen LogP contribution in [0, 0.1) is 5.92 Å². The third-order valence-corrected chi connectivity index (χ3v) is 4.52. The molecule has 142 valence electrons. The molecule has 1 fully saturated rings. The van der Waals surface area contributed by atoms with Crippen LogP contribution in [0.15, 0.2) is 30.5 Å². The molecule has 0 aliphatic heterocycles. The Hall–Kier alpha value is -2.68. The molecule has 1 aliphatic rings. The molecule has 27 heavy (non-hydrogen) atoms. The number of pyridine rings is 1. The molecular weight excluding hydrogens is 361 g/mol. The molecule has 1 atom stereocenters. The quantitative estimate of drug-likeness (QED) is 0.724. The van der Waals surface area contributed by atoms with E-state index < -0.39 is 23.6 Å². The number of nitrogens with zero attached hydrogens (tertiary/aromatic N) is 4. The number of halogens is 3. The number of hydrogen-bond donors (Lipinski definition) is 1. The summed E-state index contributed by atoms with van der Waals surface area (Å²) >= 11 is 0. The number of alkyl halides is 3. The highest BCUT2D eigenvalue weighted by atomic mass is 19.4. The van der Waals surface area contributed by atoms with Crippen molar-refractivity contribution in [2.75, 3.05) is 0 Å². The van der Waals surface area contributed by atoms with E-state index in [0.717, 1.165) is 12.8 Å². The van der Waals surface area contributed by atoms with Crippen molar-refractivity contribution in [3.63, 3.8) is 0 Å². The summed E-state index contributed by atoms with van der Waals surface area (Å²) in [5.74, 6) is -0.0564. The minimum atomic E-state index is -4.69. The van der Waals surface area contributed by atoms with Crippen molar-refractivity contribution >= 4 is 11.0 Å². The molecule has 2 aromatic heterocycles. The molecular formula is C18H17F3N4O2. The zero-order valence-electron chi connectivity index (χ0n) is 14.4. The molecule has 0 amide bonds. The molecule has 9 heteroatoms. The van der Waals surface area contributed by atoms with Gasteiger partial charge in [-0.05, 0) is 49.9 Å². The highest BCUT2D eigenvalue weighted by molar-refractivity contribution is 5.81.